The van der Waals surface area contributed by atoms with Crippen molar-refractivity contribution < 1.29 is 9.53 Å². The van der Waals surface area contributed by atoms with Gasteiger partial charge in [-0.3, -0.25) is 4.79 Å². The summed E-state index contributed by atoms with van der Waals surface area (Å²) in [5.41, 5.74) is 4.63. The van der Waals surface area contributed by atoms with Gasteiger partial charge in [0.05, 0.1) is 10.6 Å². The van der Waals surface area contributed by atoms with Gasteiger partial charge in [0.2, 0.25) is 0 Å². The summed E-state index contributed by atoms with van der Waals surface area (Å²) in [5, 5.41) is 4.70. The van der Waals surface area contributed by atoms with E-state index in [1.807, 2.05) is 11.3 Å². The first kappa shape index (κ1) is 26.1. The second-order valence-corrected chi connectivity index (χ2v) is 13.8. The van der Waals surface area contributed by atoms with Crippen LogP contribution in [-0.2, 0) is 22.4 Å². The van der Waals surface area contributed by atoms with Crippen LogP contribution in [0, 0.1) is 28.6 Å². The lowest BCUT2D eigenvalue weighted by Crippen LogP contribution is -2.50. The fraction of sp³-hybridized carbons (Fsp3) is 0.636. The number of unbranched alkanes of at least 4 members (excludes halogenated alkanes) is 1. The van der Waals surface area contributed by atoms with Gasteiger partial charge in [-0.2, -0.15) is 0 Å². The van der Waals surface area contributed by atoms with Gasteiger partial charge >= 0.3 is 5.97 Å². The van der Waals surface area contributed by atoms with Gasteiger partial charge < -0.3 is 10.1 Å². The number of thiazole rings is 1. The Balaban J connectivity index is 1.17. The summed E-state index contributed by atoms with van der Waals surface area (Å²) in [6.07, 6.45) is 14.4. The lowest BCUT2D eigenvalue weighted by Gasteiger charge is -2.56. The quantitative estimate of drug-likeness (QED) is 0.349. The number of carbonyl (C=O) groups is 1. The molecule has 1 heterocycles. The molecule has 0 amide bonds. The first-order chi connectivity index (χ1) is 18.4. The third kappa shape index (κ3) is 4.53. The van der Waals surface area contributed by atoms with Gasteiger partial charge in [0.1, 0.15) is 6.10 Å². The van der Waals surface area contributed by atoms with Crippen LogP contribution in [0.5, 0.6) is 0 Å². The predicted molar refractivity (Wildman–Crippen MR) is 156 cm³/mol. The van der Waals surface area contributed by atoms with Gasteiger partial charge in [-0.1, -0.05) is 74.9 Å². The number of esters is 1. The molecule has 204 valence electrons. The average Bonchev–Trinajstić information content (AvgIpc) is 3.48. The highest BCUT2D eigenvalue weighted by atomic mass is 32.1. The molecule has 4 aliphatic carbocycles. The van der Waals surface area contributed by atoms with E-state index in [0.29, 0.717) is 18.3 Å². The molecule has 2 saturated carbocycles. The number of fused-ring (bicyclic) bond motifs is 7. The van der Waals surface area contributed by atoms with Crippen LogP contribution in [0.15, 0.2) is 36.4 Å². The van der Waals surface area contributed by atoms with E-state index in [4.69, 9.17) is 9.72 Å². The number of carbonyl (C=O) groups excluding carboxylic acids is 1. The van der Waals surface area contributed by atoms with Crippen LogP contribution < -0.4 is 5.32 Å². The zero-order chi connectivity index (χ0) is 26.3. The molecule has 1 aromatic carbocycles. The van der Waals surface area contributed by atoms with Crippen molar-refractivity contribution in [3.63, 3.8) is 0 Å². The van der Waals surface area contributed by atoms with Crippen LogP contribution in [0.4, 0.5) is 5.13 Å². The highest BCUT2D eigenvalue weighted by Crippen LogP contribution is 2.66. The number of ether oxygens (including phenoxy) is 1. The predicted octanol–water partition coefficient (Wildman–Crippen LogP) is 8.08. The van der Waals surface area contributed by atoms with E-state index in [1.165, 1.54) is 48.2 Å². The number of allylic oxidation sites excluding steroid dienone is 2. The zero-order valence-electron chi connectivity index (χ0n) is 23.4. The number of aryl methyl sites for hydroxylation is 1. The number of hydrogen-bond acceptors (Lipinski definition) is 5. The van der Waals surface area contributed by atoms with Gasteiger partial charge in [-0.15, -0.1) is 0 Å². The fourth-order valence-electron chi connectivity index (χ4n) is 8.59. The Morgan fingerprint density at radius 1 is 1.13 bits per heavy atom. The van der Waals surface area contributed by atoms with E-state index in [2.05, 4.69) is 62.5 Å². The summed E-state index contributed by atoms with van der Waals surface area (Å²) in [4.78, 5) is 19.0. The first-order valence-electron chi connectivity index (χ1n) is 15.1. The monoisotopic (exact) mass is 532 g/mol. The van der Waals surface area contributed by atoms with Crippen molar-refractivity contribution in [1.82, 2.24) is 4.98 Å². The molecule has 0 spiro atoms. The SMILES string of the molecule is CCCCC(=O)O[C@H]1CC[C@H]2[C@@H]3CC=C4c5sc(NCCc6ccccc6)nc5CC[C@]4(C)[C@H]3CC[C@]12C. The van der Waals surface area contributed by atoms with Crippen molar-refractivity contribution in [3.8, 4) is 0 Å². The van der Waals surface area contributed by atoms with Crippen LogP contribution in [0.2, 0.25) is 0 Å². The van der Waals surface area contributed by atoms with E-state index in [-0.39, 0.29) is 22.9 Å². The lowest BCUT2D eigenvalue weighted by atomic mass is 9.48. The maximum Gasteiger partial charge on any atom is 0.306 e. The minimum atomic E-state index is 0.0248. The van der Waals surface area contributed by atoms with E-state index < -0.39 is 0 Å². The molecule has 0 bridgehead atoms. The van der Waals surface area contributed by atoms with Crippen molar-refractivity contribution in [1.29, 1.82) is 0 Å². The summed E-state index contributed by atoms with van der Waals surface area (Å²) >= 11 is 1.88. The van der Waals surface area contributed by atoms with Gasteiger partial charge in [-0.05, 0) is 92.1 Å². The van der Waals surface area contributed by atoms with Crippen molar-refractivity contribution in [2.24, 2.45) is 28.6 Å². The van der Waals surface area contributed by atoms with Crippen LogP contribution in [0.25, 0.3) is 5.57 Å². The van der Waals surface area contributed by atoms with E-state index in [9.17, 15) is 4.79 Å². The second-order valence-electron chi connectivity index (χ2n) is 12.8. The number of rotatable bonds is 8. The van der Waals surface area contributed by atoms with Crippen LogP contribution >= 0.6 is 11.3 Å². The van der Waals surface area contributed by atoms with Crippen molar-refractivity contribution in [3.05, 3.63) is 52.5 Å². The molecule has 2 aromatic rings. The van der Waals surface area contributed by atoms with Crippen molar-refractivity contribution >= 4 is 28.0 Å². The Labute approximate surface area is 232 Å². The molecule has 0 unspecified atom stereocenters. The molecule has 6 atom stereocenters. The normalized spacial score (nSPS) is 33.4. The number of nitrogens with one attached hydrogen (secondary N) is 1. The summed E-state index contributed by atoms with van der Waals surface area (Å²) < 4.78 is 6.14. The van der Waals surface area contributed by atoms with E-state index >= 15 is 0 Å². The maximum atomic E-state index is 12.5. The molecular weight excluding hydrogens is 488 g/mol. The molecule has 4 aliphatic rings. The van der Waals surface area contributed by atoms with Crippen LogP contribution in [-0.4, -0.2) is 23.6 Å². The molecular formula is C33H44N2O2S. The number of nitrogens with zero attached hydrogens (tertiary/aromatic N) is 1. The third-order valence-electron chi connectivity index (χ3n) is 10.7. The molecule has 1 aromatic heterocycles. The summed E-state index contributed by atoms with van der Waals surface area (Å²) in [5.74, 6) is 2.12. The van der Waals surface area contributed by atoms with Gasteiger partial charge in [0.25, 0.3) is 0 Å². The number of anilines is 1. The Morgan fingerprint density at radius 3 is 2.79 bits per heavy atom. The number of aromatic nitrogens is 1. The Kier molecular flexibility index (Phi) is 7.17. The molecule has 2 fully saturated rings. The van der Waals surface area contributed by atoms with E-state index in [1.54, 1.807) is 5.57 Å². The first-order valence-corrected chi connectivity index (χ1v) is 15.9. The average molecular weight is 533 g/mol. The molecule has 4 nitrogen and oxygen atoms in total. The fourth-order valence-corrected chi connectivity index (χ4v) is 9.81. The lowest BCUT2D eigenvalue weighted by molar-refractivity contribution is -0.159. The molecule has 1 N–H and O–H groups in total. The second kappa shape index (κ2) is 10.4. The van der Waals surface area contributed by atoms with Crippen LogP contribution in [0.1, 0.15) is 94.7 Å². The van der Waals surface area contributed by atoms with Crippen molar-refractivity contribution in [2.45, 2.75) is 97.5 Å². The molecule has 38 heavy (non-hydrogen) atoms. The Hall–Kier alpha value is -2.14. The maximum absolute atomic E-state index is 12.5. The summed E-state index contributed by atoms with van der Waals surface area (Å²) in [7, 11) is 0. The van der Waals surface area contributed by atoms with Gasteiger partial charge in [-0.25, -0.2) is 4.98 Å². The van der Waals surface area contributed by atoms with E-state index in [0.717, 1.165) is 49.7 Å². The summed E-state index contributed by atoms with van der Waals surface area (Å²) in [6.45, 7) is 8.05. The third-order valence-corrected chi connectivity index (χ3v) is 11.8. The molecule has 0 aliphatic heterocycles. The zero-order valence-corrected chi connectivity index (χ0v) is 24.2. The summed E-state index contributed by atoms with van der Waals surface area (Å²) in [6, 6.07) is 10.7. The number of benzene rings is 1. The standard InChI is InChI=1S/C33H44N2O2S/c1-4-5-11-29(36)37-28-15-14-24-23-12-13-26-30-27(17-20-32(26,2)25(23)16-19-33(24,28)3)35-31(38-30)34-21-18-22-9-7-6-8-10-22/h6-10,13,23-25,28H,4-5,11-12,14-21H2,1-3H3,(H,34,35)/t23-,24-,25-,28-,32+,33-/m0/s1. The topological polar surface area (TPSA) is 51.2 Å². The minimum Gasteiger partial charge on any atom is -0.462 e. The van der Waals surface area contributed by atoms with Crippen LogP contribution in [0.3, 0.4) is 0 Å². The Bertz CT molecular complexity index is 1190. The minimum absolute atomic E-state index is 0.0248. The highest BCUT2D eigenvalue weighted by molar-refractivity contribution is 7.16. The van der Waals surface area contributed by atoms with Gasteiger partial charge in [0, 0.05) is 18.4 Å². The van der Waals surface area contributed by atoms with Gasteiger partial charge in [0.15, 0.2) is 5.13 Å². The Morgan fingerprint density at radius 2 is 1.97 bits per heavy atom. The highest BCUT2D eigenvalue weighted by Gasteiger charge is 2.60. The molecule has 0 saturated heterocycles. The van der Waals surface area contributed by atoms with Crippen molar-refractivity contribution in [2.75, 3.05) is 11.9 Å². The smallest absolute Gasteiger partial charge is 0.306 e. The largest absolute Gasteiger partial charge is 0.462 e. The molecule has 0 radical (unpaired) electrons. The molecule has 6 rings (SSSR count). The number of hydrogen-bond donors (Lipinski definition) is 1. The molecule has 5 heteroatoms.